The van der Waals surface area contributed by atoms with E-state index in [0.29, 0.717) is 13.0 Å². The van der Waals surface area contributed by atoms with Crippen LogP contribution in [0.25, 0.3) is 0 Å². The van der Waals surface area contributed by atoms with Crippen LogP contribution in [-0.2, 0) is 18.3 Å². The summed E-state index contributed by atoms with van der Waals surface area (Å²) in [5.74, 6) is -0.971. The Balaban J connectivity index is 1.84. The maximum Gasteiger partial charge on any atom is 0.323 e. The second kappa shape index (κ2) is 7.10. The SMILES string of the molecule is Cn1ccc(CCNC(=O)N(CC(=O)O)C2CCCC2)n1. The average molecular weight is 294 g/mol. The van der Waals surface area contributed by atoms with E-state index in [0.717, 1.165) is 31.4 Å². The van der Waals surface area contributed by atoms with E-state index in [4.69, 9.17) is 5.11 Å². The van der Waals surface area contributed by atoms with Gasteiger partial charge in [0.05, 0.1) is 5.69 Å². The Morgan fingerprint density at radius 3 is 2.76 bits per heavy atom. The first kappa shape index (κ1) is 15.3. The van der Waals surface area contributed by atoms with Gasteiger partial charge in [0.1, 0.15) is 6.54 Å². The number of aryl methyl sites for hydroxylation is 1. The number of aliphatic carboxylic acids is 1. The number of nitrogens with zero attached hydrogens (tertiary/aromatic N) is 3. The van der Waals surface area contributed by atoms with Gasteiger partial charge in [-0.15, -0.1) is 0 Å². The highest BCUT2D eigenvalue weighted by Gasteiger charge is 2.28. The van der Waals surface area contributed by atoms with Crippen LogP contribution in [0.3, 0.4) is 0 Å². The number of amides is 2. The zero-order valence-electron chi connectivity index (χ0n) is 12.3. The predicted octanol–water partition coefficient (Wildman–Crippen LogP) is 1.00. The van der Waals surface area contributed by atoms with Crippen LogP contribution in [-0.4, -0.2) is 50.9 Å². The van der Waals surface area contributed by atoms with E-state index in [1.807, 2.05) is 19.3 Å². The van der Waals surface area contributed by atoms with Gasteiger partial charge in [0.15, 0.2) is 0 Å². The number of urea groups is 1. The van der Waals surface area contributed by atoms with Crippen LogP contribution in [0.2, 0.25) is 0 Å². The summed E-state index contributed by atoms with van der Waals surface area (Å²) in [6.07, 6.45) is 6.39. The topological polar surface area (TPSA) is 87.5 Å². The Morgan fingerprint density at radius 2 is 2.19 bits per heavy atom. The van der Waals surface area contributed by atoms with Gasteiger partial charge in [-0.25, -0.2) is 4.79 Å². The van der Waals surface area contributed by atoms with Gasteiger partial charge in [-0.05, 0) is 18.9 Å². The van der Waals surface area contributed by atoms with E-state index in [2.05, 4.69) is 10.4 Å². The number of aromatic nitrogens is 2. The highest BCUT2D eigenvalue weighted by Crippen LogP contribution is 2.23. The minimum absolute atomic E-state index is 0.0518. The Kier molecular flexibility index (Phi) is 5.19. The third-order valence-electron chi connectivity index (χ3n) is 3.76. The lowest BCUT2D eigenvalue weighted by Gasteiger charge is -2.27. The number of carbonyl (C=O) groups excluding carboxylic acids is 1. The first-order chi connectivity index (χ1) is 10.1. The molecule has 1 aromatic rings. The molecule has 0 bridgehead atoms. The molecule has 0 aliphatic heterocycles. The van der Waals surface area contributed by atoms with Gasteiger partial charge in [-0.3, -0.25) is 9.48 Å². The number of hydrogen-bond donors (Lipinski definition) is 2. The van der Waals surface area contributed by atoms with E-state index in [1.54, 1.807) is 4.68 Å². The van der Waals surface area contributed by atoms with Crippen molar-refractivity contribution in [2.24, 2.45) is 7.05 Å². The van der Waals surface area contributed by atoms with Crippen molar-refractivity contribution in [1.29, 1.82) is 0 Å². The maximum absolute atomic E-state index is 12.2. The minimum Gasteiger partial charge on any atom is -0.480 e. The zero-order chi connectivity index (χ0) is 15.2. The monoisotopic (exact) mass is 294 g/mol. The smallest absolute Gasteiger partial charge is 0.323 e. The molecule has 1 aliphatic carbocycles. The molecule has 2 rings (SSSR count). The molecule has 1 saturated carbocycles. The highest BCUT2D eigenvalue weighted by atomic mass is 16.4. The largest absolute Gasteiger partial charge is 0.480 e. The Bertz CT molecular complexity index is 494. The summed E-state index contributed by atoms with van der Waals surface area (Å²) in [4.78, 5) is 24.6. The summed E-state index contributed by atoms with van der Waals surface area (Å²) in [6.45, 7) is 0.221. The standard InChI is InChI=1S/C14H22N4O3/c1-17-9-7-11(16-17)6-8-15-14(21)18(10-13(19)20)12-4-2-3-5-12/h7,9,12H,2-6,8,10H2,1H3,(H,15,21)(H,19,20). The number of carboxylic acids is 1. The first-order valence-corrected chi connectivity index (χ1v) is 7.31. The van der Waals surface area contributed by atoms with E-state index >= 15 is 0 Å². The molecule has 7 heteroatoms. The third kappa shape index (κ3) is 4.47. The van der Waals surface area contributed by atoms with Gasteiger partial charge in [-0.2, -0.15) is 5.10 Å². The molecule has 0 spiro atoms. The summed E-state index contributed by atoms with van der Waals surface area (Å²) in [5.41, 5.74) is 0.906. The molecule has 1 aliphatic rings. The zero-order valence-corrected chi connectivity index (χ0v) is 12.3. The lowest BCUT2D eigenvalue weighted by molar-refractivity contribution is -0.138. The fraction of sp³-hybridized carbons (Fsp3) is 0.643. The van der Waals surface area contributed by atoms with Crippen molar-refractivity contribution >= 4 is 12.0 Å². The minimum atomic E-state index is -0.971. The molecule has 1 fully saturated rings. The Hall–Kier alpha value is -2.05. The highest BCUT2D eigenvalue weighted by molar-refractivity contribution is 5.80. The van der Waals surface area contributed by atoms with Gasteiger partial charge in [-0.1, -0.05) is 12.8 Å². The molecular weight excluding hydrogens is 272 g/mol. The van der Waals surface area contributed by atoms with Crippen LogP contribution in [0.5, 0.6) is 0 Å². The molecule has 2 N–H and O–H groups in total. The molecule has 21 heavy (non-hydrogen) atoms. The Morgan fingerprint density at radius 1 is 1.48 bits per heavy atom. The summed E-state index contributed by atoms with van der Waals surface area (Å²) < 4.78 is 1.71. The number of nitrogens with one attached hydrogen (secondary N) is 1. The second-order valence-corrected chi connectivity index (χ2v) is 5.42. The average Bonchev–Trinajstić information content (AvgIpc) is 3.07. The molecule has 0 radical (unpaired) electrons. The number of carboxylic acid groups (broad SMARTS) is 1. The van der Waals surface area contributed by atoms with Crippen LogP contribution in [0.1, 0.15) is 31.4 Å². The van der Waals surface area contributed by atoms with Gasteiger partial charge in [0, 0.05) is 32.3 Å². The van der Waals surface area contributed by atoms with Gasteiger partial charge in [0.2, 0.25) is 0 Å². The summed E-state index contributed by atoms with van der Waals surface area (Å²) in [5, 5.41) is 16.0. The molecule has 116 valence electrons. The molecule has 1 aromatic heterocycles. The molecule has 0 unspecified atom stereocenters. The van der Waals surface area contributed by atoms with E-state index in [-0.39, 0.29) is 18.6 Å². The van der Waals surface area contributed by atoms with Crippen molar-refractivity contribution in [3.8, 4) is 0 Å². The van der Waals surface area contributed by atoms with Crippen LogP contribution in [0, 0.1) is 0 Å². The van der Waals surface area contributed by atoms with Gasteiger partial charge < -0.3 is 15.3 Å². The van der Waals surface area contributed by atoms with E-state index in [1.165, 1.54) is 4.90 Å². The quantitative estimate of drug-likeness (QED) is 0.819. The molecule has 0 saturated heterocycles. The summed E-state index contributed by atoms with van der Waals surface area (Å²) in [6, 6.07) is 1.66. The fourth-order valence-corrected chi connectivity index (χ4v) is 2.72. The fourth-order valence-electron chi connectivity index (χ4n) is 2.72. The molecule has 0 atom stereocenters. The first-order valence-electron chi connectivity index (χ1n) is 7.31. The second-order valence-electron chi connectivity index (χ2n) is 5.42. The van der Waals surface area contributed by atoms with Crippen molar-refractivity contribution < 1.29 is 14.7 Å². The van der Waals surface area contributed by atoms with Crippen molar-refractivity contribution in [1.82, 2.24) is 20.0 Å². The van der Waals surface area contributed by atoms with Crippen LogP contribution >= 0.6 is 0 Å². The van der Waals surface area contributed by atoms with Crippen molar-refractivity contribution in [2.45, 2.75) is 38.1 Å². The van der Waals surface area contributed by atoms with Crippen molar-refractivity contribution in [3.05, 3.63) is 18.0 Å². The van der Waals surface area contributed by atoms with Gasteiger partial charge >= 0.3 is 12.0 Å². The molecule has 1 heterocycles. The van der Waals surface area contributed by atoms with Gasteiger partial charge in [0.25, 0.3) is 0 Å². The lowest BCUT2D eigenvalue weighted by atomic mass is 10.2. The normalized spacial score (nSPS) is 15.1. The van der Waals surface area contributed by atoms with Crippen LogP contribution < -0.4 is 5.32 Å². The number of hydrogen-bond acceptors (Lipinski definition) is 3. The molecule has 0 aromatic carbocycles. The Labute approximate surface area is 123 Å². The molecule has 7 nitrogen and oxygen atoms in total. The third-order valence-corrected chi connectivity index (χ3v) is 3.76. The van der Waals surface area contributed by atoms with Crippen molar-refractivity contribution in [3.63, 3.8) is 0 Å². The van der Waals surface area contributed by atoms with E-state index in [9.17, 15) is 9.59 Å². The van der Waals surface area contributed by atoms with Crippen LogP contribution in [0.4, 0.5) is 4.79 Å². The van der Waals surface area contributed by atoms with E-state index < -0.39 is 5.97 Å². The lowest BCUT2D eigenvalue weighted by Crippen LogP contribution is -2.48. The molecular formula is C14H22N4O3. The maximum atomic E-state index is 12.2. The molecule has 2 amide bonds. The number of rotatable bonds is 6. The van der Waals surface area contributed by atoms with Crippen molar-refractivity contribution in [2.75, 3.05) is 13.1 Å². The number of carbonyl (C=O) groups is 2. The predicted molar refractivity (Wildman–Crippen MR) is 76.9 cm³/mol. The summed E-state index contributed by atoms with van der Waals surface area (Å²) >= 11 is 0. The van der Waals surface area contributed by atoms with Crippen LogP contribution in [0.15, 0.2) is 12.3 Å². The summed E-state index contributed by atoms with van der Waals surface area (Å²) in [7, 11) is 1.84.